The minimum Gasteiger partial charge on any atom is -0.458 e. The van der Waals surface area contributed by atoms with Gasteiger partial charge in [0.1, 0.15) is 24.6 Å². The van der Waals surface area contributed by atoms with Gasteiger partial charge >= 0.3 is 11.9 Å². The second-order valence-corrected chi connectivity index (χ2v) is 6.80. The maximum atomic E-state index is 12.1. The molecule has 4 unspecified atom stereocenters. The molecule has 0 spiro atoms. The van der Waals surface area contributed by atoms with Crippen LogP contribution in [-0.2, 0) is 23.9 Å². The van der Waals surface area contributed by atoms with Crippen molar-refractivity contribution < 1.29 is 29.0 Å². The van der Waals surface area contributed by atoms with Gasteiger partial charge in [-0.2, -0.15) is 0 Å². The van der Waals surface area contributed by atoms with Crippen LogP contribution >= 0.6 is 0 Å². The Hall–Kier alpha value is -2.21. The second-order valence-electron chi connectivity index (χ2n) is 6.80. The van der Waals surface area contributed by atoms with Gasteiger partial charge in [0.2, 0.25) is 0 Å². The van der Waals surface area contributed by atoms with Crippen LogP contribution in [0.25, 0.3) is 0 Å². The van der Waals surface area contributed by atoms with Crippen LogP contribution in [0.1, 0.15) is 33.6 Å². The van der Waals surface area contributed by atoms with E-state index in [2.05, 4.69) is 6.58 Å². The molecule has 4 atom stereocenters. The average Bonchev–Trinajstić information content (AvgIpc) is 2.82. The summed E-state index contributed by atoms with van der Waals surface area (Å²) in [4.78, 5) is 35.6. The number of allylic oxidation sites excluding steroid dienone is 2. The normalized spacial score (nSPS) is 30.1. The number of hydrogen-bond donors (Lipinski definition) is 1. The van der Waals surface area contributed by atoms with E-state index < -0.39 is 42.1 Å². The lowest BCUT2D eigenvalue weighted by atomic mass is 9.83. The molecule has 0 aromatic carbocycles. The van der Waals surface area contributed by atoms with Crippen molar-refractivity contribution in [1.82, 2.24) is 0 Å². The Bertz CT molecular complexity index is 642. The Balaban J connectivity index is 2.50. The van der Waals surface area contributed by atoms with Gasteiger partial charge in [-0.25, -0.2) is 4.79 Å². The number of hydrogen-bond acceptors (Lipinski definition) is 6. The summed E-state index contributed by atoms with van der Waals surface area (Å²) in [7, 11) is 0. The van der Waals surface area contributed by atoms with Crippen LogP contribution in [0.5, 0.6) is 0 Å². The molecule has 2 rings (SSSR count). The number of ether oxygens (including phenoxy) is 2. The highest BCUT2D eigenvalue weighted by Gasteiger charge is 2.48. The van der Waals surface area contributed by atoms with Crippen LogP contribution in [0, 0.1) is 11.8 Å². The van der Waals surface area contributed by atoms with Crippen LogP contribution in [0.3, 0.4) is 0 Å². The summed E-state index contributed by atoms with van der Waals surface area (Å²) in [5.41, 5.74) is 1.23. The van der Waals surface area contributed by atoms with Crippen molar-refractivity contribution in [2.45, 2.75) is 51.9 Å². The molecule has 1 fully saturated rings. The largest absolute Gasteiger partial charge is 0.458 e. The van der Waals surface area contributed by atoms with Crippen LogP contribution < -0.4 is 0 Å². The van der Waals surface area contributed by atoms with Gasteiger partial charge in [-0.3, -0.25) is 9.59 Å². The van der Waals surface area contributed by atoms with Gasteiger partial charge < -0.3 is 14.6 Å². The summed E-state index contributed by atoms with van der Waals surface area (Å²) >= 11 is 0. The molecule has 0 saturated carbocycles. The lowest BCUT2D eigenvalue weighted by molar-refractivity contribution is -0.162. The molecule has 0 radical (unpaired) electrons. The Kier molecular flexibility index (Phi) is 5.95. The molecule has 6 heteroatoms. The average molecular weight is 348 g/mol. The van der Waals surface area contributed by atoms with E-state index in [9.17, 15) is 19.5 Å². The van der Waals surface area contributed by atoms with Gasteiger partial charge in [-0.15, -0.1) is 0 Å². The van der Waals surface area contributed by atoms with E-state index in [0.29, 0.717) is 19.1 Å². The van der Waals surface area contributed by atoms with Crippen LogP contribution in [0.4, 0.5) is 0 Å². The fourth-order valence-corrected chi connectivity index (χ4v) is 2.99. The molecule has 1 aliphatic carbocycles. The van der Waals surface area contributed by atoms with Crippen molar-refractivity contribution in [3.05, 3.63) is 35.5 Å². The van der Waals surface area contributed by atoms with E-state index in [0.717, 1.165) is 5.57 Å². The highest BCUT2D eigenvalue weighted by Crippen LogP contribution is 2.36. The molecule has 136 valence electrons. The second kappa shape index (κ2) is 7.78. The molecule has 2 aliphatic rings. The molecule has 25 heavy (non-hydrogen) atoms. The summed E-state index contributed by atoms with van der Waals surface area (Å²) in [5, 5.41) is 10.7. The van der Waals surface area contributed by atoms with Crippen LogP contribution in [-0.4, -0.2) is 41.6 Å². The van der Waals surface area contributed by atoms with Gasteiger partial charge in [0.25, 0.3) is 0 Å². The third-order valence-corrected chi connectivity index (χ3v) is 4.50. The molecule has 1 heterocycles. The van der Waals surface area contributed by atoms with E-state index in [1.54, 1.807) is 26.0 Å². The molecular formula is C19H24O6. The van der Waals surface area contributed by atoms with E-state index in [1.807, 2.05) is 6.92 Å². The van der Waals surface area contributed by atoms with Gasteiger partial charge in [0.05, 0.1) is 11.8 Å². The quantitative estimate of drug-likeness (QED) is 0.362. The summed E-state index contributed by atoms with van der Waals surface area (Å²) < 4.78 is 10.8. The Morgan fingerprint density at radius 2 is 2.16 bits per heavy atom. The molecular weight excluding hydrogens is 324 g/mol. The lowest BCUT2D eigenvalue weighted by Gasteiger charge is -2.31. The molecule has 0 aromatic heterocycles. The minimum absolute atomic E-state index is 0.125. The number of aliphatic hydroxyl groups is 1. The van der Waals surface area contributed by atoms with Crippen LogP contribution in [0.15, 0.2) is 35.5 Å². The first-order valence-electron chi connectivity index (χ1n) is 8.37. The molecule has 1 saturated heterocycles. The molecule has 0 bridgehead atoms. The van der Waals surface area contributed by atoms with Gasteiger partial charge in [0, 0.05) is 11.1 Å². The van der Waals surface area contributed by atoms with E-state index >= 15 is 0 Å². The predicted molar refractivity (Wildman–Crippen MR) is 90.4 cm³/mol. The fourth-order valence-electron chi connectivity index (χ4n) is 2.99. The van der Waals surface area contributed by atoms with Gasteiger partial charge in [0.15, 0.2) is 0 Å². The number of carbonyl (C=O) groups excluding carboxylic acids is 3. The third-order valence-electron chi connectivity index (χ3n) is 4.50. The molecule has 1 aliphatic heterocycles. The predicted octanol–water partition coefficient (Wildman–Crippen LogP) is 1.88. The fraction of sp³-hybridized carbons (Fsp3) is 0.526. The smallest absolute Gasteiger partial charge is 0.334 e. The first-order valence-corrected chi connectivity index (χ1v) is 8.37. The monoisotopic (exact) mass is 348 g/mol. The van der Waals surface area contributed by atoms with E-state index in [4.69, 9.17) is 9.47 Å². The number of aldehydes is 1. The number of fused-ring (bicyclic) bond motifs is 1. The van der Waals surface area contributed by atoms with Crippen molar-refractivity contribution >= 4 is 18.2 Å². The summed E-state index contributed by atoms with van der Waals surface area (Å²) in [5.74, 6) is -2.29. The van der Waals surface area contributed by atoms with Gasteiger partial charge in [-0.05, 0) is 25.8 Å². The Morgan fingerprint density at radius 1 is 1.48 bits per heavy atom. The van der Waals surface area contributed by atoms with E-state index in [-0.39, 0.29) is 11.1 Å². The zero-order valence-corrected chi connectivity index (χ0v) is 14.7. The summed E-state index contributed by atoms with van der Waals surface area (Å²) in [6.07, 6.45) is 2.01. The zero-order valence-electron chi connectivity index (χ0n) is 14.7. The number of aliphatic hydroxyl groups excluding tert-OH is 1. The summed E-state index contributed by atoms with van der Waals surface area (Å²) in [6.45, 7) is 8.97. The van der Waals surface area contributed by atoms with Crippen molar-refractivity contribution in [2.75, 3.05) is 0 Å². The molecule has 0 amide bonds. The molecule has 1 N–H and O–H groups in total. The molecule has 0 aromatic rings. The third kappa shape index (κ3) is 4.07. The SMILES string of the molecule is C=C1C(=O)OC2C=C(C)CCC=C(C=O)C(O)C(OC(=O)C(C)C)C12. The maximum Gasteiger partial charge on any atom is 0.334 e. The highest BCUT2D eigenvalue weighted by atomic mass is 16.6. The highest BCUT2D eigenvalue weighted by molar-refractivity contribution is 5.91. The number of carbonyl (C=O) groups is 3. The lowest BCUT2D eigenvalue weighted by Crippen LogP contribution is -2.43. The number of rotatable bonds is 3. The minimum atomic E-state index is -1.36. The first kappa shape index (κ1) is 19.1. The topological polar surface area (TPSA) is 89.9 Å². The van der Waals surface area contributed by atoms with E-state index in [1.165, 1.54) is 0 Å². The van der Waals surface area contributed by atoms with Crippen LogP contribution in [0.2, 0.25) is 0 Å². The van der Waals surface area contributed by atoms with Crippen molar-refractivity contribution in [3.63, 3.8) is 0 Å². The van der Waals surface area contributed by atoms with Gasteiger partial charge in [-0.1, -0.05) is 32.1 Å². The first-order chi connectivity index (χ1) is 11.8. The standard InChI is InChI=1S/C19H24O6/c1-10(2)18(22)25-17-15-12(4)19(23)24-14(15)8-11(3)6-5-7-13(9-20)16(17)21/h7-10,14-17,21H,4-6H2,1-3H3. The zero-order chi connectivity index (χ0) is 18.7. The van der Waals surface area contributed by atoms with Crippen molar-refractivity contribution in [3.8, 4) is 0 Å². The van der Waals surface area contributed by atoms with Crippen molar-refractivity contribution in [1.29, 1.82) is 0 Å². The molecule has 6 nitrogen and oxygen atoms in total. The maximum absolute atomic E-state index is 12.1. The number of esters is 2. The summed E-state index contributed by atoms with van der Waals surface area (Å²) in [6, 6.07) is 0. The van der Waals surface area contributed by atoms with Crippen molar-refractivity contribution in [2.24, 2.45) is 11.8 Å². The Labute approximate surface area is 147 Å². The Morgan fingerprint density at radius 3 is 2.76 bits per heavy atom.